The number of esters is 1. The summed E-state index contributed by atoms with van der Waals surface area (Å²) in [6.45, 7) is 0.757. The molecule has 3 aromatic rings. The van der Waals surface area contributed by atoms with Crippen LogP contribution < -0.4 is 0 Å². The van der Waals surface area contributed by atoms with Crippen molar-refractivity contribution in [3.63, 3.8) is 0 Å². The number of fused-ring (bicyclic) bond motifs is 1. The fraction of sp³-hybridized carbons (Fsp3) is 0.143. The number of imidazole rings is 1. The fourth-order valence-corrected chi connectivity index (χ4v) is 3.92. The first-order valence-corrected chi connectivity index (χ1v) is 7.55. The predicted molar refractivity (Wildman–Crippen MR) is 82.2 cm³/mol. The molecule has 4 nitrogen and oxygen atoms in total. The molecular formula is C14H11BrN2O2S. The van der Waals surface area contributed by atoms with Gasteiger partial charge in [-0.15, -0.1) is 11.3 Å². The van der Waals surface area contributed by atoms with Crippen LogP contribution in [0.25, 0.3) is 10.1 Å². The van der Waals surface area contributed by atoms with Crippen LogP contribution in [0.2, 0.25) is 0 Å². The van der Waals surface area contributed by atoms with Gasteiger partial charge in [-0.1, -0.05) is 0 Å². The number of hydrogen-bond donors (Lipinski definition) is 0. The molecular weight excluding hydrogens is 340 g/mol. The molecule has 0 unspecified atom stereocenters. The second-order valence-corrected chi connectivity index (χ2v) is 6.21. The maximum atomic E-state index is 11.6. The molecule has 2 aromatic heterocycles. The molecule has 0 radical (unpaired) electrons. The van der Waals surface area contributed by atoms with Crippen molar-refractivity contribution in [1.29, 1.82) is 0 Å². The Hall–Kier alpha value is -1.66. The lowest BCUT2D eigenvalue weighted by molar-refractivity contribution is 0.0601. The van der Waals surface area contributed by atoms with Gasteiger partial charge in [-0.25, -0.2) is 9.78 Å². The minimum Gasteiger partial charge on any atom is -0.465 e. The zero-order valence-corrected chi connectivity index (χ0v) is 13.1. The van der Waals surface area contributed by atoms with Crippen LogP contribution in [0.15, 0.2) is 41.4 Å². The lowest BCUT2D eigenvalue weighted by Crippen LogP contribution is -2.00. The standard InChI is InChI=1S/C14H11BrN2O2S/c1-19-14(18)9-2-3-11-10(6-9)13(15)12(20-11)7-17-5-4-16-8-17/h2-6,8H,7H2,1H3. The monoisotopic (exact) mass is 350 g/mol. The molecule has 0 N–H and O–H groups in total. The van der Waals surface area contributed by atoms with Crippen molar-refractivity contribution >= 4 is 43.3 Å². The zero-order valence-electron chi connectivity index (χ0n) is 10.7. The van der Waals surface area contributed by atoms with Gasteiger partial charge in [-0.2, -0.15) is 0 Å². The topological polar surface area (TPSA) is 44.1 Å². The molecule has 0 aliphatic heterocycles. The number of halogens is 1. The Morgan fingerprint density at radius 2 is 2.35 bits per heavy atom. The number of benzene rings is 1. The minimum absolute atomic E-state index is 0.318. The van der Waals surface area contributed by atoms with Gasteiger partial charge in [0.05, 0.1) is 25.5 Å². The van der Waals surface area contributed by atoms with E-state index in [0.717, 1.165) is 21.1 Å². The van der Waals surface area contributed by atoms with Gasteiger partial charge in [0.2, 0.25) is 0 Å². The molecule has 0 atom stereocenters. The van der Waals surface area contributed by atoms with E-state index < -0.39 is 0 Å². The summed E-state index contributed by atoms with van der Waals surface area (Å²) in [5.41, 5.74) is 0.563. The molecule has 0 spiro atoms. The summed E-state index contributed by atoms with van der Waals surface area (Å²) in [4.78, 5) is 16.8. The van der Waals surface area contributed by atoms with Crippen molar-refractivity contribution in [2.24, 2.45) is 0 Å². The van der Waals surface area contributed by atoms with E-state index in [1.54, 1.807) is 29.9 Å². The summed E-state index contributed by atoms with van der Waals surface area (Å²) < 4.78 is 8.93. The number of carbonyl (C=O) groups is 1. The molecule has 0 saturated heterocycles. The van der Waals surface area contributed by atoms with E-state index in [1.807, 2.05) is 22.9 Å². The van der Waals surface area contributed by atoms with Crippen molar-refractivity contribution in [2.45, 2.75) is 6.54 Å². The third-order valence-corrected chi connectivity index (χ3v) is 5.32. The quantitative estimate of drug-likeness (QED) is 0.676. The smallest absolute Gasteiger partial charge is 0.337 e. The van der Waals surface area contributed by atoms with Gasteiger partial charge in [0.1, 0.15) is 0 Å². The van der Waals surface area contributed by atoms with E-state index in [9.17, 15) is 4.79 Å². The molecule has 0 bridgehead atoms. The maximum Gasteiger partial charge on any atom is 0.337 e. The van der Waals surface area contributed by atoms with E-state index in [1.165, 1.54) is 12.0 Å². The van der Waals surface area contributed by atoms with Crippen LogP contribution in [-0.2, 0) is 11.3 Å². The fourth-order valence-electron chi connectivity index (χ4n) is 2.01. The van der Waals surface area contributed by atoms with Gasteiger partial charge in [0.25, 0.3) is 0 Å². The number of aromatic nitrogens is 2. The van der Waals surface area contributed by atoms with E-state index in [4.69, 9.17) is 4.74 Å². The van der Waals surface area contributed by atoms with E-state index in [0.29, 0.717) is 5.56 Å². The van der Waals surface area contributed by atoms with Crippen LogP contribution in [0.1, 0.15) is 15.2 Å². The van der Waals surface area contributed by atoms with Gasteiger partial charge in [-0.3, -0.25) is 0 Å². The Bertz CT molecular complexity index is 765. The minimum atomic E-state index is -0.318. The van der Waals surface area contributed by atoms with Crippen molar-refractivity contribution in [3.05, 3.63) is 51.8 Å². The molecule has 3 rings (SSSR count). The van der Waals surface area contributed by atoms with Crippen molar-refractivity contribution in [1.82, 2.24) is 9.55 Å². The molecule has 0 fully saturated rings. The summed E-state index contributed by atoms with van der Waals surface area (Å²) in [7, 11) is 1.39. The third-order valence-electron chi connectivity index (χ3n) is 3.00. The first kappa shape index (κ1) is 13.3. The first-order chi connectivity index (χ1) is 9.69. The number of carbonyl (C=O) groups excluding carboxylic acids is 1. The van der Waals surface area contributed by atoms with Gasteiger partial charge in [-0.05, 0) is 34.1 Å². The summed E-state index contributed by atoms with van der Waals surface area (Å²) in [5, 5.41) is 1.04. The average Bonchev–Trinajstić information content (AvgIpc) is 3.08. The normalized spacial score (nSPS) is 10.9. The van der Waals surface area contributed by atoms with E-state index >= 15 is 0 Å². The van der Waals surface area contributed by atoms with E-state index in [2.05, 4.69) is 20.9 Å². The predicted octanol–water partition coefficient (Wildman–Crippen LogP) is 3.70. The molecule has 0 aliphatic rings. The maximum absolute atomic E-state index is 11.6. The van der Waals surface area contributed by atoms with Crippen LogP contribution in [0, 0.1) is 0 Å². The summed E-state index contributed by atoms with van der Waals surface area (Å²) in [6, 6.07) is 5.60. The van der Waals surface area contributed by atoms with Crippen LogP contribution in [-0.4, -0.2) is 22.6 Å². The highest BCUT2D eigenvalue weighted by molar-refractivity contribution is 9.10. The molecule has 20 heavy (non-hydrogen) atoms. The first-order valence-electron chi connectivity index (χ1n) is 5.94. The SMILES string of the molecule is COC(=O)c1ccc2sc(Cn3ccnc3)c(Br)c2c1. The van der Waals surface area contributed by atoms with Gasteiger partial charge in [0.15, 0.2) is 0 Å². The molecule has 0 amide bonds. The number of rotatable bonds is 3. The Kier molecular flexibility index (Phi) is 3.58. The zero-order chi connectivity index (χ0) is 14.1. The lowest BCUT2D eigenvalue weighted by atomic mass is 10.1. The summed E-state index contributed by atoms with van der Waals surface area (Å²) >= 11 is 5.33. The number of hydrogen-bond acceptors (Lipinski definition) is 4. The molecule has 1 aromatic carbocycles. The number of nitrogens with zero attached hydrogens (tertiary/aromatic N) is 2. The third kappa shape index (κ3) is 2.36. The van der Waals surface area contributed by atoms with Crippen LogP contribution >= 0.6 is 27.3 Å². The van der Waals surface area contributed by atoms with Gasteiger partial charge >= 0.3 is 5.97 Å². The van der Waals surface area contributed by atoms with Gasteiger partial charge in [0, 0.05) is 31.8 Å². The van der Waals surface area contributed by atoms with Gasteiger partial charge < -0.3 is 9.30 Å². The largest absolute Gasteiger partial charge is 0.465 e. The van der Waals surface area contributed by atoms with Crippen LogP contribution in [0.4, 0.5) is 0 Å². The molecule has 0 saturated carbocycles. The van der Waals surface area contributed by atoms with E-state index in [-0.39, 0.29) is 5.97 Å². The summed E-state index contributed by atoms with van der Waals surface area (Å²) in [6.07, 6.45) is 5.48. The molecule has 6 heteroatoms. The Labute approximate surface area is 128 Å². The van der Waals surface area contributed by atoms with Crippen molar-refractivity contribution < 1.29 is 9.53 Å². The Balaban J connectivity index is 2.03. The van der Waals surface area contributed by atoms with Crippen molar-refractivity contribution in [3.8, 4) is 0 Å². The lowest BCUT2D eigenvalue weighted by Gasteiger charge is -2.00. The Morgan fingerprint density at radius 3 is 3.05 bits per heavy atom. The second-order valence-electron chi connectivity index (χ2n) is 4.28. The highest BCUT2D eigenvalue weighted by atomic mass is 79.9. The van der Waals surface area contributed by atoms with Crippen LogP contribution in [0.3, 0.4) is 0 Å². The summed E-state index contributed by atoms with van der Waals surface area (Å²) in [5.74, 6) is -0.318. The number of methoxy groups -OCH3 is 1. The second kappa shape index (κ2) is 5.38. The molecule has 0 aliphatic carbocycles. The molecule has 102 valence electrons. The van der Waals surface area contributed by atoms with Crippen LogP contribution in [0.5, 0.6) is 0 Å². The molecule has 2 heterocycles. The Morgan fingerprint density at radius 1 is 1.50 bits per heavy atom. The number of ether oxygens (including phenoxy) is 1. The highest BCUT2D eigenvalue weighted by Gasteiger charge is 2.13. The highest BCUT2D eigenvalue weighted by Crippen LogP contribution is 2.36. The van der Waals surface area contributed by atoms with Crippen molar-refractivity contribution in [2.75, 3.05) is 7.11 Å². The number of thiophene rings is 1. The average molecular weight is 351 g/mol.